The molecule has 5 heteroatoms. The van der Waals surface area contributed by atoms with Gasteiger partial charge in [-0.3, -0.25) is 9.59 Å². The summed E-state index contributed by atoms with van der Waals surface area (Å²) in [5.41, 5.74) is 0. The summed E-state index contributed by atoms with van der Waals surface area (Å²) in [6.45, 7) is 0. The summed E-state index contributed by atoms with van der Waals surface area (Å²) >= 11 is 0. The topological polar surface area (TPSA) is 52.6 Å². The molecule has 0 radical (unpaired) electrons. The van der Waals surface area contributed by atoms with Crippen molar-refractivity contribution in [2.75, 3.05) is 7.11 Å². The Balaban J connectivity index is 1.87. The largest absolute Gasteiger partial charge is 0.469 e. The number of ether oxygens (including phenoxy) is 2. The highest BCUT2D eigenvalue weighted by molar-refractivity contribution is 7.80. The van der Waals surface area contributed by atoms with Crippen molar-refractivity contribution < 1.29 is 19.1 Å². The van der Waals surface area contributed by atoms with Gasteiger partial charge >= 0.3 is 11.9 Å². The van der Waals surface area contributed by atoms with Crippen molar-refractivity contribution in [2.24, 2.45) is 0 Å². The predicted octanol–water partition coefficient (Wildman–Crippen LogP) is 3.69. The monoisotopic (exact) mass is 406 g/mol. The molecule has 0 aromatic heterocycles. The quantitative estimate of drug-likeness (QED) is 0.325. The van der Waals surface area contributed by atoms with E-state index < -0.39 is 7.92 Å². The highest BCUT2D eigenvalue weighted by atomic mass is 31.1. The molecular formula is C24H23O4P. The molecule has 3 aromatic rings. The summed E-state index contributed by atoms with van der Waals surface area (Å²) < 4.78 is 10.3. The van der Waals surface area contributed by atoms with Gasteiger partial charge in [-0.25, -0.2) is 0 Å². The number of rotatable bonds is 8. The first-order valence-electron chi connectivity index (χ1n) is 9.46. The van der Waals surface area contributed by atoms with Crippen molar-refractivity contribution in [2.45, 2.75) is 19.3 Å². The van der Waals surface area contributed by atoms with E-state index in [-0.39, 0.29) is 24.8 Å². The average Bonchev–Trinajstić information content (AvgIpc) is 2.76. The molecule has 0 unspecified atom stereocenters. The molecule has 3 rings (SSSR count). The normalized spacial score (nSPS) is 10.6. The van der Waals surface area contributed by atoms with Crippen LogP contribution in [-0.4, -0.2) is 19.0 Å². The van der Waals surface area contributed by atoms with Crippen molar-refractivity contribution >= 4 is 35.8 Å². The van der Waals surface area contributed by atoms with Gasteiger partial charge in [-0.2, -0.15) is 0 Å². The van der Waals surface area contributed by atoms with E-state index in [0.717, 1.165) is 5.30 Å². The van der Waals surface area contributed by atoms with Crippen LogP contribution >= 0.6 is 7.92 Å². The Morgan fingerprint density at radius 1 is 0.724 bits per heavy atom. The summed E-state index contributed by atoms with van der Waals surface area (Å²) in [6.07, 6.45) is 0.770. The highest BCUT2D eigenvalue weighted by Gasteiger charge is 2.21. The Kier molecular flexibility index (Phi) is 7.54. The molecule has 0 spiro atoms. The first-order chi connectivity index (χ1) is 14.2. The Morgan fingerprint density at radius 3 is 1.83 bits per heavy atom. The first-order valence-corrected chi connectivity index (χ1v) is 10.8. The molecule has 4 nitrogen and oxygen atoms in total. The molecule has 0 aliphatic heterocycles. The van der Waals surface area contributed by atoms with E-state index in [9.17, 15) is 9.59 Å². The molecule has 0 fully saturated rings. The number of methoxy groups -OCH3 is 1. The standard InChI is InChI=1S/C24H23O4P/c1-27-23(25)17-10-18-24(26)28-21-15-8-9-16-22(21)29(19-11-4-2-5-12-19)20-13-6-3-7-14-20/h2-9,11-16H,10,17-18H2,1H3. The van der Waals surface area contributed by atoms with E-state index in [1.807, 2.05) is 60.7 Å². The van der Waals surface area contributed by atoms with Gasteiger partial charge in [0.25, 0.3) is 0 Å². The number of benzene rings is 3. The molecule has 0 amide bonds. The van der Waals surface area contributed by atoms with Crippen molar-refractivity contribution in [3.05, 3.63) is 84.9 Å². The van der Waals surface area contributed by atoms with Crippen LogP contribution in [0.3, 0.4) is 0 Å². The van der Waals surface area contributed by atoms with Gasteiger partial charge in [-0.05, 0) is 31.0 Å². The predicted molar refractivity (Wildman–Crippen MR) is 117 cm³/mol. The van der Waals surface area contributed by atoms with Crippen LogP contribution in [0.4, 0.5) is 0 Å². The molecule has 0 saturated heterocycles. The molecule has 0 bridgehead atoms. The fraction of sp³-hybridized carbons (Fsp3) is 0.167. The maximum Gasteiger partial charge on any atom is 0.311 e. The second-order valence-electron chi connectivity index (χ2n) is 6.38. The first kappa shape index (κ1) is 20.8. The fourth-order valence-corrected chi connectivity index (χ4v) is 5.33. The molecule has 0 aliphatic rings. The number of carbonyl (C=O) groups is 2. The Labute approximate surface area is 172 Å². The molecule has 0 atom stereocenters. The summed E-state index contributed by atoms with van der Waals surface area (Å²) in [4.78, 5) is 23.6. The van der Waals surface area contributed by atoms with Crippen molar-refractivity contribution in [3.8, 4) is 5.75 Å². The number of hydrogen-bond acceptors (Lipinski definition) is 4. The summed E-state index contributed by atoms with van der Waals surface area (Å²) in [5, 5.41) is 3.35. The molecular weight excluding hydrogens is 383 g/mol. The van der Waals surface area contributed by atoms with Crippen LogP contribution in [0.25, 0.3) is 0 Å². The van der Waals surface area contributed by atoms with Crippen LogP contribution in [-0.2, 0) is 14.3 Å². The van der Waals surface area contributed by atoms with Crippen LogP contribution < -0.4 is 20.7 Å². The molecule has 0 saturated carbocycles. The maximum atomic E-state index is 12.4. The van der Waals surface area contributed by atoms with Crippen LogP contribution in [0.5, 0.6) is 5.75 Å². The van der Waals surface area contributed by atoms with Gasteiger partial charge in [0.1, 0.15) is 5.75 Å². The summed E-state index contributed by atoms with van der Waals surface area (Å²) in [5.74, 6) is -0.110. The van der Waals surface area contributed by atoms with Gasteiger partial charge in [0.05, 0.1) is 7.11 Å². The minimum Gasteiger partial charge on any atom is -0.469 e. The van der Waals surface area contributed by atoms with Gasteiger partial charge < -0.3 is 9.47 Å². The lowest BCUT2D eigenvalue weighted by molar-refractivity contribution is -0.141. The van der Waals surface area contributed by atoms with E-state index in [2.05, 4.69) is 29.0 Å². The van der Waals surface area contributed by atoms with Crippen molar-refractivity contribution in [1.29, 1.82) is 0 Å². The maximum absolute atomic E-state index is 12.4. The number of carbonyl (C=O) groups excluding carboxylic acids is 2. The van der Waals surface area contributed by atoms with E-state index in [1.54, 1.807) is 0 Å². The molecule has 0 heterocycles. The van der Waals surface area contributed by atoms with Crippen LogP contribution in [0.15, 0.2) is 84.9 Å². The zero-order valence-electron chi connectivity index (χ0n) is 16.3. The lowest BCUT2D eigenvalue weighted by Crippen LogP contribution is -2.23. The van der Waals surface area contributed by atoms with Crippen LogP contribution in [0, 0.1) is 0 Å². The van der Waals surface area contributed by atoms with Crippen molar-refractivity contribution in [1.82, 2.24) is 0 Å². The molecule has 148 valence electrons. The SMILES string of the molecule is COC(=O)CCCC(=O)Oc1ccccc1P(c1ccccc1)c1ccccc1. The number of esters is 2. The van der Waals surface area contributed by atoms with Gasteiger partial charge in [0.15, 0.2) is 0 Å². The van der Waals surface area contributed by atoms with E-state index in [1.165, 1.54) is 17.7 Å². The molecule has 0 N–H and O–H groups in total. The van der Waals surface area contributed by atoms with E-state index in [4.69, 9.17) is 4.74 Å². The zero-order chi connectivity index (χ0) is 20.5. The fourth-order valence-electron chi connectivity index (χ4n) is 2.96. The second kappa shape index (κ2) is 10.5. The molecule has 29 heavy (non-hydrogen) atoms. The van der Waals surface area contributed by atoms with E-state index >= 15 is 0 Å². The smallest absolute Gasteiger partial charge is 0.311 e. The second-order valence-corrected chi connectivity index (χ2v) is 8.56. The average molecular weight is 406 g/mol. The number of para-hydroxylation sites is 1. The Bertz CT molecular complexity index is 902. The van der Waals surface area contributed by atoms with Gasteiger partial charge in [-0.15, -0.1) is 0 Å². The Morgan fingerprint density at radius 2 is 1.24 bits per heavy atom. The van der Waals surface area contributed by atoms with E-state index in [0.29, 0.717) is 12.2 Å². The minimum atomic E-state index is -0.875. The van der Waals surface area contributed by atoms with Gasteiger partial charge in [0.2, 0.25) is 0 Å². The zero-order valence-corrected chi connectivity index (χ0v) is 17.2. The molecule has 0 aliphatic carbocycles. The van der Waals surface area contributed by atoms with Gasteiger partial charge in [0, 0.05) is 18.1 Å². The third-order valence-electron chi connectivity index (χ3n) is 4.35. The third-order valence-corrected chi connectivity index (χ3v) is 6.83. The Hall–Kier alpha value is -2.97. The van der Waals surface area contributed by atoms with Crippen molar-refractivity contribution in [3.63, 3.8) is 0 Å². The van der Waals surface area contributed by atoms with Gasteiger partial charge in [-0.1, -0.05) is 78.9 Å². The lowest BCUT2D eigenvalue weighted by Gasteiger charge is -2.21. The highest BCUT2D eigenvalue weighted by Crippen LogP contribution is 2.36. The summed E-state index contributed by atoms with van der Waals surface area (Å²) in [7, 11) is 0.465. The van der Waals surface area contributed by atoms with Crippen LogP contribution in [0.1, 0.15) is 19.3 Å². The third kappa shape index (κ3) is 5.75. The molecule has 3 aromatic carbocycles. The minimum absolute atomic E-state index is 0.165. The van der Waals surface area contributed by atoms with Crippen LogP contribution in [0.2, 0.25) is 0 Å². The summed E-state index contributed by atoms with van der Waals surface area (Å²) in [6, 6.07) is 28.2. The lowest BCUT2D eigenvalue weighted by atomic mass is 10.2. The number of hydrogen-bond donors (Lipinski definition) is 0.